The van der Waals surface area contributed by atoms with Crippen LogP contribution in [-0.2, 0) is 11.2 Å². The number of rotatable bonds is 5. The van der Waals surface area contributed by atoms with Crippen molar-refractivity contribution in [2.45, 2.75) is 13.3 Å². The molecule has 2 aromatic rings. The maximum atomic E-state index is 11.8. The predicted molar refractivity (Wildman–Crippen MR) is 103 cm³/mol. The Morgan fingerprint density at radius 3 is 2.56 bits per heavy atom. The number of aryl methyl sites for hydroxylation is 1. The van der Waals surface area contributed by atoms with E-state index in [0.29, 0.717) is 31.9 Å². The average molecular weight is 412 g/mol. The fourth-order valence-electron chi connectivity index (χ4n) is 2.87. The van der Waals surface area contributed by atoms with Crippen molar-refractivity contribution in [2.24, 2.45) is 0 Å². The minimum absolute atomic E-state index is 0.0193. The Hall–Kier alpha value is -2.46. The Kier molecular flexibility index (Phi) is 5.76. The molecule has 1 aromatic carbocycles. The normalized spacial score (nSPS) is 14.3. The number of esters is 1. The lowest BCUT2D eigenvalue weighted by atomic mass is 10.1. The van der Waals surface area contributed by atoms with Crippen molar-refractivity contribution in [2.75, 3.05) is 43.1 Å². The highest BCUT2D eigenvalue weighted by Crippen LogP contribution is 2.35. The van der Waals surface area contributed by atoms with Crippen LogP contribution in [0.5, 0.6) is 0 Å². The van der Waals surface area contributed by atoms with Crippen molar-refractivity contribution < 1.29 is 14.5 Å². The van der Waals surface area contributed by atoms with Crippen molar-refractivity contribution in [1.82, 2.24) is 9.36 Å². The molecule has 1 fully saturated rings. The molecule has 144 valence electrons. The number of benzene rings is 1. The highest BCUT2D eigenvalue weighted by atomic mass is 35.5. The Balaban J connectivity index is 1.81. The van der Waals surface area contributed by atoms with E-state index in [1.54, 1.807) is 0 Å². The number of hydrogen-bond acceptors (Lipinski definition) is 9. The highest BCUT2D eigenvalue weighted by molar-refractivity contribution is 7.09. The van der Waals surface area contributed by atoms with Crippen LogP contribution in [0.3, 0.4) is 0 Å². The molecule has 1 aliphatic heterocycles. The van der Waals surface area contributed by atoms with Gasteiger partial charge in [0.25, 0.3) is 5.69 Å². The summed E-state index contributed by atoms with van der Waals surface area (Å²) in [4.78, 5) is 31.3. The summed E-state index contributed by atoms with van der Waals surface area (Å²) in [6.45, 7) is 4.45. The standard InChI is InChI=1S/C16H18ClN5O4S/c1-3-14-18-16(27-19-14)21-6-4-20(5-7-21)12-9-11(17)10(15(23)26-2)8-13(12)22(24)25/h8-9H,3-7H2,1-2H3. The van der Waals surface area contributed by atoms with Crippen molar-refractivity contribution in [3.63, 3.8) is 0 Å². The topological polar surface area (TPSA) is 102 Å². The molecule has 0 atom stereocenters. The van der Waals surface area contributed by atoms with Crippen LogP contribution in [0.25, 0.3) is 0 Å². The summed E-state index contributed by atoms with van der Waals surface area (Å²) in [7, 11) is 1.20. The molecule has 0 amide bonds. The number of halogens is 1. The van der Waals surface area contributed by atoms with Gasteiger partial charge in [-0.25, -0.2) is 9.78 Å². The molecular formula is C16H18ClN5O4S. The third-order valence-corrected chi connectivity index (χ3v) is 5.46. The Bertz CT molecular complexity index is 866. The first-order chi connectivity index (χ1) is 12.9. The lowest BCUT2D eigenvalue weighted by Gasteiger charge is -2.35. The second-order valence-electron chi connectivity index (χ2n) is 5.89. The molecule has 1 saturated heterocycles. The number of carbonyl (C=O) groups excluding carboxylic acids is 1. The molecule has 0 aliphatic carbocycles. The van der Waals surface area contributed by atoms with E-state index in [9.17, 15) is 14.9 Å². The summed E-state index contributed by atoms with van der Waals surface area (Å²) in [6.07, 6.45) is 0.785. The number of ether oxygens (including phenoxy) is 1. The molecule has 0 N–H and O–H groups in total. The molecule has 1 aromatic heterocycles. The molecule has 27 heavy (non-hydrogen) atoms. The molecule has 0 saturated carbocycles. The maximum Gasteiger partial charge on any atom is 0.339 e. The first-order valence-electron chi connectivity index (χ1n) is 8.33. The third kappa shape index (κ3) is 3.96. The lowest BCUT2D eigenvalue weighted by molar-refractivity contribution is -0.384. The molecule has 0 spiro atoms. The number of hydrogen-bond donors (Lipinski definition) is 0. The van der Waals surface area contributed by atoms with Crippen molar-refractivity contribution >= 4 is 45.6 Å². The fourth-order valence-corrected chi connectivity index (χ4v) is 3.91. The van der Waals surface area contributed by atoms with E-state index < -0.39 is 10.9 Å². The van der Waals surface area contributed by atoms with Crippen LogP contribution in [0.4, 0.5) is 16.5 Å². The molecule has 3 rings (SSSR count). The molecule has 11 heteroatoms. The van der Waals surface area contributed by atoms with Gasteiger partial charge in [-0.2, -0.15) is 4.37 Å². The number of nitro benzene ring substituents is 1. The summed E-state index contributed by atoms with van der Waals surface area (Å²) < 4.78 is 8.93. The number of carbonyl (C=O) groups is 1. The van der Waals surface area contributed by atoms with E-state index in [1.807, 2.05) is 11.8 Å². The second-order valence-corrected chi connectivity index (χ2v) is 7.03. The molecule has 9 nitrogen and oxygen atoms in total. The number of piperazine rings is 1. The quantitative estimate of drug-likeness (QED) is 0.420. The van der Waals surface area contributed by atoms with Gasteiger partial charge in [-0.1, -0.05) is 18.5 Å². The summed E-state index contributed by atoms with van der Waals surface area (Å²) in [5, 5.41) is 12.5. The van der Waals surface area contributed by atoms with Crippen LogP contribution in [0, 0.1) is 10.1 Å². The van der Waals surface area contributed by atoms with E-state index in [4.69, 9.17) is 11.6 Å². The number of anilines is 2. The van der Waals surface area contributed by atoms with Gasteiger partial charge in [0.2, 0.25) is 5.13 Å². The van der Waals surface area contributed by atoms with E-state index >= 15 is 0 Å². The monoisotopic (exact) mass is 411 g/mol. The number of aromatic nitrogens is 2. The van der Waals surface area contributed by atoms with E-state index in [-0.39, 0.29) is 16.3 Å². The second kappa shape index (κ2) is 8.05. The van der Waals surface area contributed by atoms with Gasteiger partial charge in [0.1, 0.15) is 11.5 Å². The van der Waals surface area contributed by atoms with Crippen molar-refractivity contribution in [3.8, 4) is 0 Å². The van der Waals surface area contributed by atoms with Crippen LogP contribution >= 0.6 is 23.1 Å². The van der Waals surface area contributed by atoms with Gasteiger partial charge >= 0.3 is 5.97 Å². The average Bonchev–Trinajstić information content (AvgIpc) is 3.16. The third-order valence-electron chi connectivity index (χ3n) is 4.33. The fraction of sp³-hybridized carbons (Fsp3) is 0.438. The lowest BCUT2D eigenvalue weighted by Crippen LogP contribution is -2.46. The maximum absolute atomic E-state index is 11.8. The number of nitrogens with zero attached hydrogens (tertiary/aromatic N) is 5. The smallest absolute Gasteiger partial charge is 0.339 e. The Morgan fingerprint density at radius 2 is 2.00 bits per heavy atom. The minimum Gasteiger partial charge on any atom is -0.465 e. The Morgan fingerprint density at radius 1 is 1.33 bits per heavy atom. The van der Waals surface area contributed by atoms with Crippen molar-refractivity contribution in [1.29, 1.82) is 0 Å². The van der Waals surface area contributed by atoms with Gasteiger partial charge in [0.05, 0.1) is 22.6 Å². The van der Waals surface area contributed by atoms with Crippen LogP contribution in [-0.4, -0.2) is 53.5 Å². The molecule has 0 bridgehead atoms. The van der Waals surface area contributed by atoms with E-state index in [1.165, 1.54) is 30.8 Å². The molecule has 0 radical (unpaired) electrons. The summed E-state index contributed by atoms with van der Waals surface area (Å²) >= 11 is 7.53. The highest BCUT2D eigenvalue weighted by Gasteiger charge is 2.28. The summed E-state index contributed by atoms with van der Waals surface area (Å²) in [6, 6.07) is 2.63. The van der Waals surface area contributed by atoms with Crippen LogP contribution < -0.4 is 9.80 Å². The molecule has 1 aliphatic rings. The van der Waals surface area contributed by atoms with Gasteiger partial charge in [0.15, 0.2) is 0 Å². The van der Waals surface area contributed by atoms with Gasteiger partial charge in [-0.3, -0.25) is 10.1 Å². The molecule has 0 unspecified atom stereocenters. The number of methoxy groups -OCH3 is 1. The zero-order chi connectivity index (χ0) is 19.6. The minimum atomic E-state index is -0.706. The predicted octanol–water partition coefficient (Wildman–Crippen LogP) is 2.78. The van der Waals surface area contributed by atoms with E-state index in [2.05, 4.69) is 19.0 Å². The molecular weight excluding hydrogens is 394 g/mol. The van der Waals surface area contributed by atoms with E-state index in [0.717, 1.165) is 17.4 Å². The van der Waals surface area contributed by atoms with Gasteiger partial charge < -0.3 is 14.5 Å². The molecule has 2 heterocycles. The zero-order valence-electron chi connectivity index (χ0n) is 14.8. The van der Waals surface area contributed by atoms with Crippen LogP contribution in [0.2, 0.25) is 5.02 Å². The Labute approximate surface area is 164 Å². The largest absolute Gasteiger partial charge is 0.465 e. The first-order valence-corrected chi connectivity index (χ1v) is 9.48. The van der Waals surface area contributed by atoms with Gasteiger partial charge in [-0.05, 0) is 6.07 Å². The van der Waals surface area contributed by atoms with Gasteiger partial charge in [-0.15, -0.1) is 0 Å². The van der Waals surface area contributed by atoms with Crippen LogP contribution in [0.15, 0.2) is 12.1 Å². The zero-order valence-corrected chi connectivity index (χ0v) is 16.4. The SMILES string of the molecule is CCc1nsc(N2CCN(c3cc(Cl)c(C(=O)OC)cc3[N+](=O)[O-])CC2)n1. The van der Waals surface area contributed by atoms with Crippen LogP contribution in [0.1, 0.15) is 23.1 Å². The summed E-state index contributed by atoms with van der Waals surface area (Å²) in [5.41, 5.74) is 0.204. The van der Waals surface area contributed by atoms with Crippen molar-refractivity contribution in [3.05, 3.63) is 38.7 Å². The first kappa shape index (κ1) is 19.3. The number of nitro groups is 1. The summed E-state index contributed by atoms with van der Waals surface area (Å²) in [5.74, 6) is 0.112. The van der Waals surface area contributed by atoms with Gasteiger partial charge in [0, 0.05) is 50.2 Å².